The van der Waals surface area contributed by atoms with Crippen LogP contribution in [0.5, 0.6) is 0 Å². The average molecular weight is 301 g/mol. The van der Waals surface area contributed by atoms with Gasteiger partial charge in [0.15, 0.2) is 0 Å². The van der Waals surface area contributed by atoms with Crippen molar-refractivity contribution in [3.05, 3.63) is 34.6 Å². The van der Waals surface area contributed by atoms with E-state index < -0.39 is 11.7 Å². The van der Waals surface area contributed by atoms with Crippen LogP contribution in [-0.2, 0) is 0 Å². The Kier molecular flexibility index (Phi) is 3.68. The van der Waals surface area contributed by atoms with Gasteiger partial charge in [-0.05, 0) is 18.4 Å². The van der Waals surface area contributed by atoms with E-state index in [4.69, 9.17) is 23.1 Å². The maximum Gasteiger partial charge on any atom is 0.255 e. The summed E-state index contributed by atoms with van der Waals surface area (Å²) in [7, 11) is 0. The lowest BCUT2D eigenvalue weighted by atomic mass is 10.3. The summed E-state index contributed by atoms with van der Waals surface area (Å²) in [6.45, 7) is 0. The number of carbonyl (C=O) groups excluding carboxylic acids is 1. The first-order chi connectivity index (χ1) is 8.97. The predicted molar refractivity (Wildman–Crippen MR) is 73.2 cm³/mol. The second kappa shape index (κ2) is 5.10. The summed E-state index contributed by atoms with van der Waals surface area (Å²) in [6.07, 6.45) is 1.71. The third-order valence-corrected chi connectivity index (χ3v) is 3.46. The van der Waals surface area contributed by atoms with Crippen molar-refractivity contribution in [2.45, 2.75) is 5.03 Å². The minimum atomic E-state index is -0.722. The van der Waals surface area contributed by atoms with Gasteiger partial charge < -0.3 is 11.5 Å². The molecular formula is C11H10ClFN4OS. The van der Waals surface area contributed by atoms with Crippen molar-refractivity contribution in [2.75, 3.05) is 12.0 Å². The van der Waals surface area contributed by atoms with Crippen molar-refractivity contribution in [1.29, 1.82) is 0 Å². The van der Waals surface area contributed by atoms with Gasteiger partial charge in [0, 0.05) is 0 Å². The van der Waals surface area contributed by atoms with E-state index in [9.17, 15) is 9.18 Å². The molecule has 0 bridgehead atoms. The Morgan fingerprint density at radius 3 is 2.68 bits per heavy atom. The van der Waals surface area contributed by atoms with E-state index in [0.29, 0.717) is 5.03 Å². The number of aromatic nitrogens is 2. The van der Waals surface area contributed by atoms with Crippen LogP contribution in [0.25, 0.3) is 5.69 Å². The Morgan fingerprint density at radius 1 is 1.53 bits per heavy atom. The topological polar surface area (TPSA) is 86.9 Å². The highest BCUT2D eigenvalue weighted by Gasteiger charge is 2.23. The minimum Gasteiger partial charge on any atom is -0.383 e. The summed E-state index contributed by atoms with van der Waals surface area (Å²) in [5.41, 5.74) is 11.1. The van der Waals surface area contributed by atoms with E-state index in [0.717, 1.165) is 4.68 Å². The fourth-order valence-corrected chi connectivity index (χ4v) is 2.46. The minimum absolute atomic E-state index is 0.00975. The van der Waals surface area contributed by atoms with Gasteiger partial charge in [0.05, 0.1) is 5.02 Å². The Hall–Kier alpha value is -1.73. The molecule has 0 atom stereocenters. The van der Waals surface area contributed by atoms with Crippen LogP contribution in [0.4, 0.5) is 10.2 Å². The van der Waals surface area contributed by atoms with Crippen molar-refractivity contribution in [1.82, 2.24) is 9.78 Å². The molecule has 0 aliphatic carbocycles. The van der Waals surface area contributed by atoms with Crippen LogP contribution >= 0.6 is 23.4 Å². The van der Waals surface area contributed by atoms with E-state index >= 15 is 0 Å². The molecule has 0 aliphatic rings. The van der Waals surface area contributed by atoms with Gasteiger partial charge in [0.25, 0.3) is 5.91 Å². The molecule has 19 heavy (non-hydrogen) atoms. The van der Waals surface area contributed by atoms with Crippen LogP contribution in [0, 0.1) is 5.82 Å². The molecule has 4 N–H and O–H groups in total. The lowest BCUT2D eigenvalue weighted by molar-refractivity contribution is 0.0998. The molecule has 2 rings (SSSR count). The molecule has 5 nitrogen and oxygen atoms in total. The zero-order chi connectivity index (χ0) is 14.2. The molecule has 100 valence electrons. The summed E-state index contributed by atoms with van der Waals surface area (Å²) in [6, 6.07) is 4.19. The number of benzene rings is 1. The number of nitrogen functional groups attached to an aromatic ring is 1. The molecule has 2 aromatic rings. The first-order valence-corrected chi connectivity index (χ1v) is 6.74. The van der Waals surface area contributed by atoms with Gasteiger partial charge in [-0.1, -0.05) is 17.7 Å². The Bertz CT molecular complexity index is 638. The zero-order valence-corrected chi connectivity index (χ0v) is 11.4. The number of anilines is 1. The first kappa shape index (κ1) is 13.7. The van der Waals surface area contributed by atoms with Gasteiger partial charge in [-0.3, -0.25) is 4.79 Å². The normalized spacial score (nSPS) is 10.7. The lowest BCUT2D eigenvalue weighted by Crippen LogP contribution is -2.14. The molecule has 0 unspecified atom stereocenters. The molecule has 0 aliphatic heterocycles. The second-order valence-electron chi connectivity index (χ2n) is 3.62. The monoisotopic (exact) mass is 300 g/mol. The fourth-order valence-electron chi connectivity index (χ4n) is 1.65. The molecule has 0 radical (unpaired) electrons. The molecule has 0 saturated carbocycles. The van der Waals surface area contributed by atoms with Crippen molar-refractivity contribution < 1.29 is 9.18 Å². The Balaban J connectivity index is 2.74. The highest BCUT2D eigenvalue weighted by Crippen LogP contribution is 2.31. The Morgan fingerprint density at radius 2 is 2.21 bits per heavy atom. The summed E-state index contributed by atoms with van der Waals surface area (Å²) < 4.78 is 14.9. The van der Waals surface area contributed by atoms with Crippen LogP contribution in [0.1, 0.15) is 10.4 Å². The molecule has 0 spiro atoms. The van der Waals surface area contributed by atoms with Crippen LogP contribution < -0.4 is 11.5 Å². The second-order valence-corrected chi connectivity index (χ2v) is 4.82. The van der Waals surface area contributed by atoms with E-state index in [1.165, 1.54) is 30.0 Å². The van der Waals surface area contributed by atoms with Crippen LogP contribution in [0.3, 0.4) is 0 Å². The number of carbonyl (C=O) groups is 1. The molecular weight excluding hydrogens is 291 g/mol. The fraction of sp³-hybridized carbons (Fsp3) is 0.0909. The molecule has 1 heterocycles. The van der Waals surface area contributed by atoms with Crippen molar-refractivity contribution in [2.24, 2.45) is 5.73 Å². The zero-order valence-electron chi connectivity index (χ0n) is 9.85. The van der Waals surface area contributed by atoms with Crippen LogP contribution in [0.2, 0.25) is 5.02 Å². The van der Waals surface area contributed by atoms with E-state index in [2.05, 4.69) is 5.10 Å². The lowest BCUT2D eigenvalue weighted by Gasteiger charge is -2.07. The summed E-state index contributed by atoms with van der Waals surface area (Å²) in [5, 5.41) is 4.53. The van der Waals surface area contributed by atoms with Gasteiger partial charge in [0.2, 0.25) is 0 Å². The smallest absolute Gasteiger partial charge is 0.255 e. The molecule has 1 aromatic heterocycles. The summed E-state index contributed by atoms with van der Waals surface area (Å²) in [5.74, 6) is -1.35. The third kappa shape index (κ3) is 2.26. The van der Waals surface area contributed by atoms with E-state index in [1.54, 1.807) is 6.26 Å². The number of nitrogens with zero attached hydrogens (tertiary/aromatic N) is 2. The number of thioether (sulfide) groups is 1. The van der Waals surface area contributed by atoms with Crippen molar-refractivity contribution >= 4 is 35.1 Å². The van der Waals surface area contributed by atoms with Crippen LogP contribution in [0.15, 0.2) is 23.2 Å². The number of para-hydroxylation sites is 1. The van der Waals surface area contributed by atoms with Gasteiger partial charge >= 0.3 is 0 Å². The maximum atomic E-state index is 13.8. The van der Waals surface area contributed by atoms with E-state index in [1.807, 2.05) is 0 Å². The molecule has 0 fully saturated rings. The summed E-state index contributed by atoms with van der Waals surface area (Å²) >= 11 is 7.13. The van der Waals surface area contributed by atoms with Gasteiger partial charge in [-0.2, -0.15) is 5.10 Å². The quantitative estimate of drug-likeness (QED) is 0.850. The molecule has 1 amide bonds. The number of nitrogens with two attached hydrogens (primary N) is 2. The predicted octanol–water partition coefficient (Wildman–Crippen LogP) is 2.07. The molecule has 1 aromatic carbocycles. The van der Waals surface area contributed by atoms with Crippen LogP contribution in [-0.4, -0.2) is 21.9 Å². The van der Waals surface area contributed by atoms with Gasteiger partial charge in [-0.15, -0.1) is 11.8 Å². The summed E-state index contributed by atoms with van der Waals surface area (Å²) in [4.78, 5) is 11.4. The molecule has 8 heteroatoms. The molecule has 0 saturated heterocycles. The SMILES string of the molecule is CSc1nn(-c2c(F)cccc2Cl)c(N)c1C(N)=O. The first-order valence-electron chi connectivity index (χ1n) is 5.14. The van der Waals surface area contributed by atoms with Gasteiger partial charge in [-0.25, -0.2) is 9.07 Å². The number of hydrogen-bond acceptors (Lipinski definition) is 4. The average Bonchev–Trinajstić information content (AvgIpc) is 2.66. The third-order valence-electron chi connectivity index (χ3n) is 2.48. The standard InChI is InChI=1S/C11H10ClFN4OS/c1-19-11-7(10(15)18)9(14)17(16-11)8-5(12)3-2-4-6(8)13/h2-4H,14H2,1H3,(H2,15,18). The Labute approximate surface area is 117 Å². The number of hydrogen-bond donors (Lipinski definition) is 2. The largest absolute Gasteiger partial charge is 0.383 e. The van der Waals surface area contributed by atoms with Gasteiger partial charge in [0.1, 0.15) is 27.9 Å². The number of rotatable bonds is 3. The van der Waals surface area contributed by atoms with E-state index in [-0.39, 0.29) is 22.1 Å². The highest BCUT2D eigenvalue weighted by atomic mass is 35.5. The maximum absolute atomic E-state index is 13.8. The highest BCUT2D eigenvalue weighted by molar-refractivity contribution is 7.98. The number of primary amides is 1. The van der Waals surface area contributed by atoms with Crippen molar-refractivity contribution in [3.8, 4) is 5.69 Å². The van der Waals surface area contributed by atoms with Crippen molar-refractivity contribution in [3.63, 3.8) is 0 Å². The number of halogens is 2. The number of amides is 1.